The third kappa shape index (κ3) is 1.92. The molecule has 104 valence electrons. The Labute approximate surface area is 112 Å². The highest BCUT2D eigenvalue weighted by atomic mass is 16.5. The lowest BCUT2D eigenvalue weighted by Gasteiger charge is -2.40. The lowest BCUT2D eigenvalue weighted by atomic mass is 9.70. The first kappa shape index (κ1) is 12.9. The number of rotatable bonds is 5. The van der Waals surface area contributed by atoms with E-state index in [9.17, 15) is 0 Å². The average Bonchev–Trinajstić information content (AvgIpc) is 3.07. The molecule has 0 aromatic rings. The Morgan fingerprint density at radius 3 is 2.44 bits per heavy atom. The topological polar surface area (TPSA) is 21.3 Å². The highest BCUT2D eigenvalue weighted by Gasteiger charge is 2.62. The molecule has 4 unspecified atom stereocenters. The van der Waals surface area contributed by atoms with Crippen molar-refractivity contribution in [1.29, 1.82) is 0 Å². The molecule has 1 N–H and O–H groups in total. The molecule has 0 aliphatic heterocycles. The number of ether oxygens (including phenoxy) is 1. The van der Waals surface area contributed by atoms with E-state index in [1.54, 1.807) is 0 Å². The first-order valence-electron chi connectivity index (χ1n) is 7.82. The standard InChI is InChI=1S/C16H29NO/c1-11(10-17-13-5-6-13)18-14-9-12-7-8-16(14,4)15(12,2)3/h11-14,17H,5-10H2,1-4H3. The van der Waals surface area contributed by atoms with Gasteiger partial charge in [0.05, 0.1) is 12.2 Å². The first-order chi connectivity index (χ1) is 8.43. The Morgan fingerprint density at radius 2 is 1.94 bits per heavy atom. The molecular formula is C16H29NO. The van der Waals surface area contributed by atoms with Crippen molar-refractivity contribution < 1.29 is 4.74 Å². The van der Waals surface area contributed by atoms with Gasteiger partial charge in [0.15, 0.2) is 0 Å². The minimum atomic E-state index is 0.363. The van der Waals surface area contributed by atoms with Gasteiger partial charge in [-0.25, -0.2) is 0 Å². The van der Waals surface area contributed by atoms with Crippen LogP contribution >= 0.6 is 0 Å². The van der Waals surface area contributed by atoms with E-state index in [-0.39, 0.29) is 0 Å². The Hall–Kier alpha value is -0.0800. The molecule has 0 spiro atoms. The minimum Gasteiger partial charge on any atom is -0.373 e. The van der Waals surface area contributed by atoms with Gasteiger partial charge < -0.3 is 10.1 Å². The molecule has 4 atom stereocenters. The summed E-state index contributed by atoms with van der Waals surface area (Å²) >= 11 is 0. The highest BCUT2D eigenvalue weighted by Crippen LogP contribution is 2.66. The molecule has 0 amide bonds. The smallest absolute Gasteiger partial charge is 0.0675 e. The zero-order valence-electron chi connectivity index (χ0n) is 12.5. The third-order valence-electron chi connectivity index (χ3n) is 6.38. The summed E-state index contributed by atoms with van der Waals surface area (Å²) in [7, 11) is 0. The SMILES string of the molecule is CC(CNC1CC1)OC1CC2CCC1(C)C2(C)C. The van der Waals surface area contributed by atoms with Crippen molar-refractivity contribution in [3.63, 3.8) is 0 Å². The third-order valence-corrected chi connectivity index (χ3v) is 6.38. The molecule has 3 fully saturated rings. The Kier molecular flexibility index (Phi) is 3.02. The van der Waals surface area contributed by atoms with Gasteiger partial charge in [-0.05, 0) is 55.8 Å². The molecular weight excluding hydrogens is 222 g/mol. The molecule has 3 saturated carbocycles. The van der Waals surface area contributed by atoms with Gasteiger partial charge in [-0.15, -0.1) is 0 Å². The Balaban J connectivity index is 1.57. The van der Waals surface area contributed by atoms with E-state index in [2.05, 4.69) is 33.0 Å². The van der Waals surface area contributed by atoms with Crippen molar-refractivity contribution in [3.05, 3.63) is 0 Å². The lowest BCUT2D eigenvalue weighted by molar-refractivity contribution is -0.0791. The maximum atomic E-state index is 6.40. The number of nitrogens with one attached hydrogen (secondary N) is 1. The van der Waals surface area contributed by atoms with Crippen molar-refractivity contribution in [2.45, 2.75) is 78.0 Å². The summed E-state index contributed by atoms with van der Waals surface area (Å²) in [4.78, 5) is 0. The van der Waals surface area contributed by atoms with Crippen LogP contribution in [-0.4, -0.2) is 24.8 Å². The predicted octanol–water partition coefficient (Wildman–Crippen LogP) is 3.36. The lowest BCUT2D eigenvalue weighted by Crippen LogP contribution is -2.41. The van der Waals surface area contributed by atoms with Crippen LogP contribution in [0, 0.1) is 16.7 Å². The Bertz CT molecular complexity index is 323. The van der Waals surface area contributed by atoms with E-state index in [1.807, 2.05) is 0 Å². The second-order valence-electron chi connectivity index (χ2n) is 7.73. The largest absolute Gasteiger partial charge is 0.373 e. The molecule has 0 radical (unpaired) electrons. The van der Waals surface area contributed by atoms with Crippen molar-refractivity contribution in [1.82, 2.24) is 5.32 Å². The summed E-state index contributed by atoms with van der Waals surface area (Å²) in [5, 5.41) is 3.58. The van der Waals surface area contributed by atoms with E-state index in [0.717, 1.165) is 18.5 Å². The van der Waals surface area contributed by atoms with Gasteiger partial charge in [0.2, 0.25) is 0 Å². The van der Waals surface area contributed by atoms with Crippen LogP contribution < -0.4 is 5.32 Å². The van der Waals surface area contributed by atoms with Crippen molar-refractivity contribution in [3.8, 4) is 0 Å². The fourth-order valence-electron chi connectivity index (χ4n) is 4.28. The highest BCUT2D eigenvalue weighted by molar-refractivity contribution is 5.11. The van der Waals surface area contributed by atoms with Crippen LogP contribution in [-0.2, 0) is 4.74 Å². The fourth-order valence-corrected chi connectivity index (χ4v) is 4.28. The van der Waals surface area contributed by atoms with E-state index in [0.29, 0.717) is 23.0 Å². The van der Waals surface area contributed by atoms with Crippen LogP contribution in [0.25, 0.3) is 0 Å². The maximum Gasteiger partial charge on any atom is 0.0675 e. The van der Waals surface area contributed by atoms with Gasteiger partial charge >= 0.3 is 0 Å². The molecule has 0 saturated heterocycles. The van der Waals surface area contributed by atoms with Crippen LogP contribution in [0.5, 0.6) is 0 Å². The van der Waals surface area contributed by atoms with Crippen LogP contribution in [0.2, 0.25) is 0 Å². The summed E-state index contributed by atoms with van der Waals surface area (Å²) in [6.07, 6.45) is 7.64. The van der Waals surface area contributed by atoms with Gasteiger partial charge in [-0.1, -0.05) is 20.8 Å². The molecule has 0 aromatic heterocycles. The van der Waals surface area contributed by atoms with E-state index in [1.165, 1.54) is 32.1 Å². The van der Waals surface area contributed by atoms with Crippen molar-refractivity contribution in [2.75, 3.05) is 6.54 Å². The van der Waals surface area contributed by atoms with E-state index >= 15 is 0 Å². The van der Waals surface area contributed by atoms with Crippen molar-refractivity contribution in [2.24, 2.45) is 16.7 Å². The summed E-state index contributed by atoms with van der Waals surface area (Å²) < 4.78 is 6.40. The summed E-state index contributed by atoms with van der Waals surface area (Å²) in [6.45, 7) is 10.6. The average molecular weight is 251 g/mol. The number of hydrogen-bond donors (Lipinski definition) is 1. The van der Waals surface area contributed by atoms with Gasteiger partial charge in [0, 0.05) is 12.6 Å². The summed E-state index contributed by atoms with van der Waals surface area (Å²) in [5.74, 6) is 0.885. The van der Waals surface area contributed by atoms with Crippen LogP contribution in [0.3, 0.4) is 0 Å². The zero-order valence-corrected chi connectivity index (χ0v) is 12.5. The van der Waals surface area contributed by atoms with Crippen LogP contribution in [0.4, 0.5) is 0 Å². The number of hydrogen-bond acceptors (Lipinski definition) is 2. The summed E-state index contributed by atoms with van der Waals surface area (Å²) in [5.41, 5.74) is 0.882. The van der Waals surface area contributed by atoms with Crippen LogP contribution in [0.15, 0.2) is 0 Å². The Morgan fingerprint density at radius 1 is 1.22 bits per heavy atom. The number of fused-ring (bicyclic) bond motifs is 2. The fraction of sp³-hybridized carbons (Fsp3) is 1.00. The van der Waals surface area contributed by atoms with Gasteiger partial charge in [0.25, 0.3) is 0 Å². The summed E-state index contributed by atoms with van der Waals surface area (Å²) in [6, 6.07) is 0.795. The van der Waals surface area contributed by atoms with E-state index in [4.69, 9.17) is 4.74 Å². The van der Waals surface area contributed by atoms with E-state index < -0.39 is 0 Å². The molecule has 18 heavy (non-hydrogen) atoms. The van der Waals surface area contributed by atoms with Crippen molar-refractivity contribution >= 4 is 0 Å². The minimum absolute atomic E-state index is 0.363. The molecule has 3 aliphatic rings. The van der Waals surface area contributed by atoms with Crippen LogP contribution in [0.1, 0.15) is 59.8 Å². The second-order valence-corrected chi connectivity index (χ2v) is 7.73. The molecule has 0 aromatic carbocycles. The second kappa shape index (κ2) is 4.21. The molecule has 2 heteroatoms. The molecule has 3 rings (SSSR count). The zero-order chi connectivity index (χ0) is 13.0. The van der Waals surface area contributed by atoms with Gasteiger partial charge in [-0.2, -0.15) is 0 Å². The molecule has 3 aliphatic carbocycles. The van der Waals surface area contributed by atoms with Gasteiger partial charge in [-0.3, -0.25) is 0 Å². The first-order valence-corrected chi connectivity index (χ1v) is 7.82. The normalized spacial score (nSPS) is 43.3. The monoisotopic (exact) mass is 251 g/mol. The predicted molar refractivity (Wildman–Crippen MR) is 74.6 cm³/mol. The molecule has 2 bridgehead atoms. The molecule has 2 nitrogen and oxygen atoms in total. The molecule has 0 heterocycles. The van der Waals surface area contributed by atoms with Gasteiger partial charge in [0.1, 0.15) is 0 Å². The quantitative estimate of drug-likeness (QED) is 0.809. The maximum absolute atomic E-state index is 6.40.